The number of amides is 1. The molecule has 0 aliphatic heterocycles. The second-order valence-electron chi connectivity index (χ2n) is 4.11. The van der Waals surface area contributed by atoms with Crippen LogP contribution in [0.3, 0.4) is 0 Å². The Balaban J connectivity index is 2.57. The molecule has 0 saturated heterocycles. The molecular formula is C12H13N3O3S. The number of aromatic nitrogens is 1. The van der Waals surface area contributed by atoms with Crippen LogP contribution in [0.1, 0.15) is 19.8 Å². The third-order valence-electron chi connectivity index (χ3n) is 2.69. The molecule has 0 N–H and O–H groups in total. The summed E-state index contributed by atoms with van der Waals surface area (Å²) in [5.41, 5.74) is 0.745. The van der Waals surface area contributed by atoms with Crippen LogP contribution < -0.4 is 4.80 Å². The molecule has 0 spiro atoms. The number of thiazole rings is 1. The van der Waals surface area contributed by atoms with Gasteiger partial charge in [0.05, 0.1) is 15.1 Å². The Hall–Kier alpha value is -2.02. The van der Waals surface area contributed by atoms with Crippen molar-refractivity contribution in [3.8, 4) is 0 Å². The summed E-state index contributed by atoms with van der Waals surface area (Å²) in [4.78, 5) is 26.4. The third kappa shape index (κ3) is 2.70. The molecule has 1 aromatic heterocycles. The van der Waals surface area contributed by atoms with Crippen LogP contribution >= 0.6 is 11.3 Å². The number of fused-ring (bicyclic) bond motifs is 1. The van der Waals surface area contributed by atoms with Crippen LogP contribution in [0.15, 0.2) is 23.2 Å². The summed E-state index contributed by atoms with van der Waals surface area (Å²) in [5, 5.41) is 10.7. The first-order valence-electron chi connectivity index (χ1n) is 5.84. The molecule has 0 aliphatic carbocycles. The Labute approximate surface area is 113 Å². The van der Waals surface area contributed by atoms with Gasteiger partial charge in [0.1, 0.15) is 0 Å². The van der Waals surface area contributed by atoms with Crippen molar-refractivity contribution in [1.29, 1.82) is 0 Å². The van der Waals surface area contributed by atoms with Gasteiger partial charge in [0, 0.05) is 25.6 Å². The molecule has 1 aromatic carbocycles. The van der Waals surface area contributed by atoms with Crippen molar-refractivity contribution in [1.82, 2.24) is 4.57 Å². The van der Waals surface area contributed by atoms with Gasteiger partial charge in [0.25, 0.3) is 5.69 Å². The number of nitrogens with zero attached hydrogens (tertiary/aromatic N) is 3. The Morgan fingerprint density at radius 1 is 1.53 bits per heavy atom. The Morgan fingerprint density at radius 2 is 2.26 bits per heavy atom. The van der Waals surface area contributed by atoms with E-state index in [1.165, 1.54) is 23.5 Å². The minimum absolute atomic E-state index is 0.0346. The number of carbonyl (C=O) groups excluding carboxylic acids is 1. The maximum absolute atomic E-state index is 11.5. The fraction of sp³-hybridized carbons (Fsp3) is 0.333. The number of nitro groups is 1. The minimum atomic E-state index is -0.434. The van der Waals surface area contributed by atoms with Gasteiger partial charge in [-0.15, -0.1) is 0 Å². The van der Waals surface area contributed by atoms with Gasteiger partial charge in [-0.1, -0.05) is 18.3 Å². The lowest BCUT2D eigenvalue weighted by molar-refractivity contribution is -0.384. The van der Waals surface area contributed by atoms with Gasteiger partial charge >= 0.3 is 0 Å². The number of nitro benzene ring substituents is 1. The number of benzene rings is 1. The SMILES string of the molecule is CCCC(=O)N=c1sc2ccc([N+](=O)[O-])cc2n1C. The first-order valence-corrected chi connectivity index (χ1v) is 6.66. The highest BCUT2D eigenvalue weighted by Gasteiger charge is 2.10. The van der Waals surface area contributed by atoms with E-state index >= 15 is 0 Å². The molecule has 2 aromatic rings. The van der Waals surface area contributed by atoms with E-state index in [9.17, 15) is 14.9 Å². The van der Waals surface area contributed by atoms with E-state index in [0.717, 1.165) is 11.1 Å². The van der Waals surface area contributed by atoms with E-state index in [0.29, 0.717) is 16.7 Å². The van der Waals surface area contributed by atoms with Crippen molar-refractivity contribution in [3.63, 3.8) is 0 Å². The molecule has 19 heavy (non-hydrogen) atoms. The Bertz CT molecular complexity index is 715. The number of carbonyl (C=O) groups is 1. The number of hydrogen-bond donors (Lipinski definition) is 0. The predicted molar refractivity (Wildman–Crippen MR) is 72.9 cm³/mol. The maximum atomic E-state index is 11.5. The molecule has 1 heterocycles. The van der Waals surface area contributed by atoms with Crippen LogP contribution in [0.2, 0.25) is 0 Å². The van der Waals surface area contributed by atoms with Gasteiger partial charge in [0.15, 0.2) is 4.80 Å². The molecule has 0 unspecified atom stereocenters. The summed E-state index contributed by atoms with van der Waals surface area (Å²) < 4.78 is 2.58. The highest BCUT2D eigenvalue weighted by molar-refractivity contribution is 7.16. The fourth-order valence-electron chi connectivity index (χ4n) is 1.71. The lowest BCUT2D eigenvalue weighted by Crippen LogP contribution is -2.12. The summed E-state index contributed by atoms with van der Waals surface area (Å²) in [6, 6.07) is 4.63. The molecular weight excluding hydrogens is 266 g/mol. The monoisotopic (exact) mass is 279 g/mol. The summed E-state index contributed by atoms with van der Waals surface area (Å²) in [6.45, 7) is 1.92. The number of aryl methyl sites for hydroxylation is 1. The standard InChI is InChI=1S/C12H13N3O3S/c1-3-4-11(16)13-12-14(2)9-7-8(15(17)18)5-6-10(9)19-12/h5-7H,3-4H2,1-2H3. The van der Waals surface area contributed by atoms with Gasteiger partial charge in [-0.05, 0) is 12.5 Å². The van der Waals surface area contributed by atoms with Gasteiger partial charge in [-0.2, -0.15) is 4.99 Å². The smallest absolute Gasteiger partial charge is 0.271 e. The average molecular weight is 279 g/mol. The molecule has 6 nitrogen and oxygen atoms in total. The van der Waals surface area contributed by atoms with E-state index in [1.807, 2.05) is 6.92 Å². The molecule has 0 aliphatic rings. The number of non-ortho nitro benzene ring substituents is 1. The van der Waals surface area contributed by atoms with Crippen molar-refractivity contribution >= 4 is 33.1 Å². The number of hydrogen-bond acceptors (Lipinski definition) is 4. The molecule has 0 bridgehead atoms. The van der Waals surface area contributed by atoms with Crippen molar-refractivity contribution < 1.29 is 9.72 Å². The van der Waals surface area contributed by atoms with Crippen LogP contribution in [-0.4, -0.2) is 15.4 Å². The van der Waals surface area contributed by atoms with E-state index in [-0.39, 0.29) is 11.6 Å². The van der Waals surface area contributed by atoms with E-state index in [4.69, 9.17) is 0 Å². The van der Waals surface area contributed by atoms with Gasteiger partial charge in [0.2, 0.25) is 5.91 Å². The molecule has 0 atom stereocenters. The highest BCUT2D eigenvalue weighted by Crippen LogP contribution is 2.22. The zero-order valence-corrected chi connectivity index (χ0v) is 11.4. The van der Waals surface area contributed by atoms with E-state index in [2.05, 4.69) is 4.99 Å². The maximum Gasteiger partial charge on any atom is 0.271 e. The second kappa shape index (κ2) is 5.31. The highest BCUT2D eigenvalue weighted by atomic mass is 32.1. The van der Waals surface area contributed by atoms with Gasteiger partial charge < -0.3 is 4.57 Å². The van der Waals surface area contributed by atoms with Crippen LogP contribution in [-0.2, 0) is 11.8 Å². The van der Waals surface area contributed by atoms with Crippen molar-refractivity contribution in [2.24, 2.45) is 12.0 Å². The Morgan fingerprint density at radius 3 is 2.89 bits per heavy atom. The van der Waals surface area contributed by atoms with Crippen molar-refractivity contribution in [2.75, 3.05) is 0 Å². The van der Waals surface area contributed by atoms with Crippen LogP contribution in [0.4, 0.5) is 5.69 Å². The lowest BCUT2D eigenvalue weighted by atomic mass is 10.3. The zero-order valence-electron chi connectivity index (χ0n) is 10.6. The van der Waals surface area contributed by atoms with Crippen LogP contribution in [0, 0.1) is 10.1 Å². The first-order chi connectivity index (χ1) is 9.02. The van der Waals surface area contributed by atoms with Crippen molar-refractivity contribution in [2.45, 2.75) is 19.8 Å². The molecule has 100 valence electrons. The molecule has 0 radical (unpaired) electrons. The fourth-order valence-corrected chi connectivity index (χ4v) is 2.73. The largest absolute Gasteiger partial charge is 0.319 e. The van der Waals surface area contributed by atoms with Gasteiger partial charge in [-0.25, -0.2) is 0 Å². The minimum Gasteiger partial charge on any atom is -0.319 e. The summed E-state index contributed by atoms with van der Waals surface area (Å²) in [7, 11) is 1.75. The molecule has 2 rings (SSSR count). The molecule has 1 amide bonds. The number of rotatable bonds is 3. The van der Waals surface area contributed by atoms with Crippen LogP contribution in [0.5, 0.6) is 0 Å². The van der Waals surface area contributed by atoms with Crippen molar-refractivity contribution in [3.05, 3.63) is 33.1 Å². The molecule has 7 heteroatoms. The normalized spacial score (nSPS) is 12.0. The quantitative estimate of drug-likeness (QED) is 0.639. The second-order valence-corrected chi connectivity index (χ2v) is 5.12. The summed E-state index contributed by atoms with van der Waals surface area (Å²) in [5.74, 6) is -0.167. The summed E-state index contributed by atoms with van der Waals surface area (Å²) in [6.07, 6.45) is 1.16. The van der Waals surface area contributed by atoms with Crippen LogP contribution in [0.25, 0.3) is 10.2 Å². The topological polar surface area (TPSA) is 77.5 Å². The molecule has 0 fully saturated rings. The average Bonchev–Trinajstić information content (AvgIpc) is 2.66. The summed E-state index contributed by atoms with van der Waals surface area (Å²) >= 11 is 1.35. The lowest BCUT2D eigenvalue weighted by Gasteiger charge is -1.95. The molecule has 0 saturated carbocycles. The van der Waals surface area contributed by atoms with Gasteiger partial charge in [-0.3, -0.25) is 14.9 Å². The third-order valence-corrected chi connectivity index (χ3v) is 3.80. The van der Waals surface area contributed by atoms with E-state index < -0.39 is 4.92 Å². The zero-order chi connectivity index (χ0) is 14.0. The first kappa shape index (κ1) is 13.4. The predicted octanol–water partition coefficient (Wildman–Crippen LogP) is 2.38. The van der Waals surface area contributed by atoms with E-state index in [1.54, 1.807) is 17.7 Å². The Kier molecular flexibility index (Phi) is 3.75.